The average molecular weight is 306 g/mol. The van der Waals surface area contributed by atoms with E-state index < -0.39 is 0 Å². The van der Waals surface area contributed by atoms with E-state index in [1.54, 1.807) is 0 Å². The molecule has 0 aliphatic carbocycles. The molecule has 114 valence electrons. The maximum atomic E-state index is 12.6. The summed E-state index contributed by atoms with van der Waals surface area (Å²) in [6, 6.07) is 2.42. The van der Waals surface area contributed by atoms with E-state index in [-0.39, 0.29) is 12.5 Å². The first-order valence-electron chi connectivity index (χ1n) is 7.38. The highest BCUT2D eigenvalue weighted by molar-refractivity contribution is 7.12. The van der Waals surface area contributed by atoms with Gasteiger partial charge in [-0.15, -0.1) is 11.3 Å². The number of nitrogens with zero attached hydrogens (tertiary/aromatic N) is 2. The lowest BCUT2D eigenvalue weighted by atomic mass is 10.1. The molecule has 1 aliphatic rings. The lowest BCUT2D eigenvalue weighted by Gasteiger charge is -2.37. The summed E-state index contributed by atoms with van der Waals surface area (Å²) in [5.74, 6) is 5.53. The number of amides is 1. The zero-order valence-corrected chi connectivity index (χ0v) is 13.4. The van der Waals surface area contributed by atoms with Crippen molar-refractivity contribution in [1.82, 2.24) is 9.80 Å². The maximum absolute atomic E-state index is 12.6. The van der Waals surface area contributed by atoms with E-state index in [1.165, 1.54) is 11.3 Å². The van der Waals surface area contributed by atoms with Crippen LogP contribution in [-0.2, 0) is 0 Å². The van der Waals surface area contributed by atoms with Gasteiger partial charge in [-0.2, -0.15) is 0 Å². The molecule has 0 spiro atoms. The summed E-state index contributed by atoms with van der Waals surface area (Å²) in [6.45, 7) is 7.66. The summed E-state index contributed by atoms with van der Waals surface area (Å²) < 4.78 is 0. The number of aliphatic hydroxyl groups is 1. The molecular formula is C16H22N2O2S. The van der Waals surface area contributed by atoms with Crippen molar-refractivity contribution in [2.45, 2.75) is 26.3 Å². The Labute approximate surface area is 130 Å². The van der Waals surface area contributed by atoms with Crippen molar-refractivity contribution in [2.75, 3.05) is 32.8 Å². The number of hydrogen-bond donors (Lipinski definition) is 1. The van der Waals surface area contributed by atoms with E-state index in [1.807, 2.05) is 16.3 Å². The van der Waals surface area contributed by atoms with E-state index >= 15 is 0 Å². The molecule has 1 fully saturated rings. The van der Waals surface area contributed by atoms with Crippen LogP contribution < -0.4 is 0 Å². The molecule has 1 unspecified atom stereocenters. The van der Waals surface area contributed by atoms with Crippen LogP contribution in [0.2, 0.25) is 0 Å². The molecule has 2 rings (SSSR count). The third-order valence-electron chi connectivity index (χ3n) is 3.98. The minimum atomic E-state index is -0.183. The Bertz CT molecular complexity index is 536. The molecule has 1 atom stereocenters. The second kappa shape index (κ2) is 7.60. The van der Waals surface area contributed by atoms with Gasteiger partial charge in [0.1, 0.15) is 11.5 Å². The topological polar surface area (TPSA) is 43.8 Å². The molecule has 1 saturated heterocycles. The summed E-state index contributed by atoms with van der Waals surface area (Å²) in [6.07, 6.45) is 1.14. The Kier molecular flexibility index (Phi) is 5.80. The molecule has 0 aromatic carbocycles. The number of thiophene rings is 1. The summed E-state index contributed by atoms with van der Waals surface area (Å²) in [4.78, 5) is 17.6. The highest BCUT2D eigenvalue weighted by atomic mass is 32.1. The van der Waals surface area contributed by atoms with Gasteiger partial charge in [0, 0.05) is 37.8 Å². The van der Waals surface area contributed by atoms with Gasteiger partial charge < -0.3 is 10.0 Å². The van der Waals surface area contributed by atoms with Crippen LogP contribution in [0.4, 0.5) is 0 Å². The monoisotopic (exact) mass is 306 g/mol. The van der Waals surface area contributed by atoms with Crippen molar-refractivity contribution in [3.05, 3.63) is 21.9 Å². The van der Waals surface area contributed by atoms with Crippen molar-refractivity contribution in [3.63, 3.8) is 0 Å². The molecule has 0 bridgehead atoms. The normalized spacial score (nSPS) is 17.2. The lowest BCUT2D eigenvalue weighted by Crippen LogP contribution is -2.51. The van der Waals surface area contributed by atoms with Gasteiger partial charge in [0.15, 0.2) is 0 Å². The quantitative estimate of drug-likeness (QED) is 0.864. The van der Waals surface area contributed by atoms with Crippen LogP contribution in [0, 0.1) is 11.8 Å². The van der Waals surface area contributed by atoms with Gasteiger partial charge in [-0.05, 0) is 24.8 Å². The highest BCUT2D eigenvalue weighted by Crippen LogP contribution is 2.19. The summed E-state index contributed by atoms with van der Waals surface area (Å²) in [7, 11) is 0. The van der Waals surface area contributed by atoms with Crippen LogP contribution in [0.1, 0.15) is 35.5 Å². The molecular weight excluding hydrogens is 284 g/mol. The summed E-state index contributed by atoms with van der Waals surface area (Å²) in [5.41, 5.74) is 0.725. The Morgan fingerprint density at radius 2 is 2.14 bits per heavy atom. The van der Waals surface area contributed by atoms with Gasteiger partial charge in [-0.25, -0.2) is 0 Å². The molecule has 1 N–H and O–H groups in total. The van der Waals surface area contributed by atoms with E-state index in [4.69, 9.17) is 5.11 Å². The number of carbonyl (C=O) groups excluding carboxylic acids is 1. The van der Waals surface area contributed by atoms with Crippen molar-refractivity contribution in [2.24, 2.45) is 0 Å². The molecule has 21 heavy (non-hydrogen) atoms. The van der Waals surface area contributed by atoms with Crippen LogP contribution in [0.15, 0.2) is 11.4 Å². The fourth-order valence-corrected chi connectivity index (χ4v) is 3.29. The second-order valence-corrected chi connectivity index (χ2v) is 6.12. The largest absolute Gasteiger partial charge is 0.384 e. The Hall–Kier alpha value is -1.35. The van der Waals surface area contributed by atoms with Crippen LogP contribution in [0.5, 0.6) is 0 Å². The third-order valence-corrected chi connectivity index (χ3v) is 4.88. The molecule has 2 heterocycles. The van der Waals surface area contributed by atoms with E-state index in [2.05, 4.69) is 30.6 Å². The molecule has 1 aliphatic heterocycles. The molecule has 4 nitrogen and oxygen atoms in total. The fourth-order valence-electron chi connectivity index (χ4n) is 2.48. The number of hydrogen-bond acceptors (Lipinski definition) is 4. The zero-order valence-electron chi connectivity index (χ0n) is 12.6. The molecule has 0 saturated carbocycles. The van der Waals surface area contributed by atoms with Gasteiger partial charge in [0.05, 0.1) is 0 Å². The number of piperazine rings is 1. The van der Waals surface area contributed by atoms with Crippen LogP contribution in [0.3, 0.4) is 0 Å². The van der Waals surface area contributed by atoms with Gasteiger partial charge in [-0.1, -0.05) is 18.8 Å². The van der Waals surface area contributed by atoms with Crippen molar-refractivity contribution < 1.29 is 9.90 Å². The Morgan fingerprint density at radius 1 is 1.43 bits per heavy atom. The highest BCUT2D eigenvalue weighted by Gasteiger charge is 2.25. The second-order valence-electron chi connectivity index (χ2n) is 5.21. The van der Waals surface area contributed by atoms with Gasteiger partial charge in [0.2, 0.25) is 0 Å². The molecule has 1 aromatic rings. The van der Waals surface area contributed by atoms with E-state index in [0.29, 0.717) is 10.9 Å². The minimum absolute atomic E-state index is 0.0658. The van der Waals surface area contributed by atoms with Crippen LogP contribution in [-0.4, -0.2) is 59.6 Å². The summed E-state index contributed by atoms with van der Waals surface area (Å²) in [5, 5.41) is 10.7. The SMILES string of the molecule is CCC(C)N1CCN(C(=O)c2sccc2C#CCO)CC1. The maximum Gasteiger partial charge on any atom is 0.265 e. The van der Waals surface area contributed by atoms with Gasteiger partial charge in [-0.3, -0.25) is 9.69 Å². The standard InChI is InChI=1S/C16H22N2O2S/c1-3-13(2)17-7-9-18(10-8-17)16(20)15-14(5-4-11-19)6-12-21-15/h6,12-13,19H,3,7-11H2,1-2H3. The predicted octanol–water partition coefficient (Wildman–Crippen LogP) is 1.65. The van der Waals surface area contributed by atoms with Gasteiger partial charge >= 0.3 is 0 Å². The van der Waals surface area contributed by atoms with Crippen molar-refractivity contribution in [3.8, 4) is 11.8 Å². The molecule has 1 aromatic heterocycles. The zero-order chi connectivity index (χ0) is 15.2. The molecule has 0 radical (unpaired) electrons. The first kappa shape index (κ1) is 16.0. The van der Waals surface area contributed by atoms with Crippen LogP contribution >= 0.6 is 11.3 Å². The van der Waals surface area contributed by atoms with E-state index in [9.17, 15) is 4.79 Å². The van der Waals surface area contributed by atoms with Crippen molar-refractivity contribution >= 4 is 17.2 Å². The molecule has 5 heteroatoms. The Balaban J connectivity index is 2.01. The number of rotatable bonds is 3. The fraction of sp³-hybridized carbons (Fsp3) is 0.562. The first-order valence-corrected chi connectivity index (χ1v) is 8.25. The summed E-state index contributed by atoms with van der Waals surface area (Å²) >= 11 is 1.42. The lowest BCUT2D eigenvalue weighted by molar-refractivity contribution is 0.0584. The predicted molar refractivity (Wildman–Crippen MR) is 85.5 cm³/mol. The molecule has 1 amide bonds. The average Bonchev–Trinajstić information content (AvgIpc) is 3.00. The third kappa shape index (κ3) is 3.85. The minimum Gasteiger partial charge on any atom is -0.384 e. The Morgan fingerprint density at radius 3 is 2.76 bits per heavy atom. The number of carbonyl (C=O) groups is 1. The van der Waals surface area contributed by atoms with Crippen LogP contribution in [0.25, 0.3) is 0 Å². The van der Waals surface area contributed by atoms with E-state index in [0.717, 1.165) is 38.2 Å². The smallest absolute Gasteiger partial charge is 0.265 e. The number of aliphatic hydroxyl groups excluding tert-OH is 1. The first-order chi connectivity index (χ1) is 10.2. The van der Waals surface area contributed by atoms with Gasteiger partial charge in [0.25, 0.3) is 5.91 Å². The van der Waals surface area contributed by atoms with Crippen molar-refractivity contribution in [1.29, 1.82) is 0 Å².